The first-order chi connectivity index (χ1) is 10.2. The largest absolute Gasteiger partial charge is 0.493 e. The summed E-state index contributed by atoms with van der Waals surface area (Å²) in [7, 11) is 0. The van der Waals surface area contributed by atoms with Gasteiger partial charge in [-0.25, -0.2) is 4.39 Å². The van der Waals surface area contributed by atoms with Crippen molar-refractivity contribution in [3.8, 4) is 5.75 Å². The number of benzene rings is 1. The summed E-state index contributed by atoms with van der Waals surface area (Å²) in [6.45, 7) is 3.16. The van der Waals surface area contributed by atoms with Gasteiger partial charge in [0.2, 0.25) is 0 Å². The van der Waals surface area contributed by atoms with Crippen LogP contribution in [0.5, 0.6) is 5.75 Å². The maximum absolute atomic E-state index is 13.0. The van der Waals surface area contributed by atoms with Crippen LogP contribution in [0.2, 0.25) is 0 Å². The summed E-state index contributed by atoms with van der Waals surface area (Å²) in [6.07, 6.45) is 0.943. The Balaban J connectivity index is 1.84. The third-order valence-corrected chi connectivity index (χ3v) is 3.69. The van der Waals surface area contributed by atoms with Gasteiger partial charge in [0.15, 0.2) is 11.0 Å². The zero-order valence-electron chi connectivity index (χ0n) is 11.8. The van der Waals surface area contributed by atoms with E-state index in [0.29, 0.717) is 23.9 Å². The number of nitrogens with zero attached hydrogens (tertiary/aromatic N) is 3. The highest BCUT2D eigenvalue weighted by Gasteiger charge is 2.10. The normalized spacial score (nSPS) is 10.8. The smallest absolute Gasteiger partial charge is 0.191 e. The molecule has 0 radical (unpaired) electrons. The molecule has 0 fully saturated rings. The summed E-state index contributed by atoms with van der Waals surface area (Å²) in [5.74, 6) is 1.45. The number of ether oxygens (including phenoxy) is 1. The molecular weight excluding hydrogens is 293 g/mol. The number of rotatable bonds is 8. The van der Waals surface area contributed by atoms with Crippen molar-refractivity contribution in [3.05, 3.63) is 35.9 Å². The van der Waals surface area contributed by atoms with Gasteiger partial charge in [-0.3, -0.25) is 0 Å². The topological polar surface area (TPSA) is 60.2 Å². The SMILES string of the molecule is CCCn1c(CO)nnc1SCCOc1cccc(F)c1. The molecule has 0 bridgehead atoms. The second-order valence-electron chi connectivity index (χ2n) is 4.36. The monoisotopic (exact) mass is 311 g/mol. The van der Waals surface area contributed by atoms with Crippen LogP contribution in [0.15, 0.2) is 29.4 Å². The highest BCUT2D eigenvalue weighted by atomic mass is 32.2. The molecule has 0 aliphatic carbocycles. The Kier molecular flexibility index (Phi) is 6.01. The first-order valence-corrected chi connectivity index (χ1v) is 7.77. The Bertz CT molecular complexity index is 577. The van der Waals surface area contributed by atoms with Crippen LogP contribution in [0.4, 0.5) is 4.39 Å². The molecule has 2 rings (SSSR count). The van der Waals surface area contributed by atoms with Crippen LogP contribution >= 0.6 is 11.8 Å². The highest BCUT2D eigenvalue weighted by molar-refractivity contribution is 7.99. The molecule has 114 valence electrons. The van der Waals surface area contributed by atoms with E-state index in [0.717, 1.165) is 18.1 Å². The molecule has 0 unspecified atom stereocenters. The standard InChI is InChI=1S/C14H18FN3O2S/c1-2-6-18-13(10-19)16-17-14(18)21-8-7-20-12-5-3-4-11(15)9-12/h3-5,9,19H,2,6-8,10H2,1H3. The van der Waals surface area contributed by atoms with Gasteiger partial charge in [-0.2, -0.15) is 0 Å². The van der Waals surface area contributed by atoms with Crippen molar-refractivity contribution in [3.63, 3.8) is 0 Å². The lowest BCUT2D eigenvalue weighted by Gasteiger charge is -2.08. The van der Waals surface area contributed by atoms with Crippen LogP contribution in [0.25, 0.3) is 0 Å². The van der Waals surface area contributed by atoms with E-state index in [9.17, 15) is 9.50 Å². The Labute approximate surface area is 127 Å². The Morgan fingerprint density at radius 2 is 2.24 bits per heavy atom. The Morgan fingerprint density at radius 3 is 2.95 bits per heavy atom. The van der Waals surface area contributed by atoms with Crippen molar-refractivity contribution in [2.24, 2.45) is 0 Å². The number of hydrogen-bond acceptors (Lipinski definition) is 5. The first kappa shape index (κ1) is 15.8. The number of aliphatic hydroxyl groups excluding tert-OH is 1. The summed E-state index contributed by atoms with van der Waals surface area (Å²) in [5.41, 5.74) is 0. The van der Waals surface area contributed by atoms with Gasteiger partial charge < -0.3 is 14.4 Å². The Morgan fingerprint density at radius 1 is 1.38 bits per heavy atom. The van der Waals surface area contributed by atoms with Crippen LogP contribution in [0.3, 0.4) is 0 Å². The highest BCUT2D eigenvalue weighted by Crippen LogP contribution is 2.18. The molecule has 2 aromatic rings. The summed E-state index contributed by atoms with van der Waals surface area (Å²) >= 11 is 1.51. The van der Waals surface area contributed by atoms with Crippen molar-refractivity contribution in [2.45, 2.75) is 31.7 Å². The van der Waals surface area contributed by atoms with Crippen molar-refractivity contribution in [1.29, 1.82) is 0 Å². The minimum Gasteiger partial charge on any atom is -0.493 e. The lowest BCUT2D eigenvalue weighted by molar-refractivity contribution is 0.263. The maximum atomic E-state index is 13.0. The summed E-state index contributed by atoms with van der Waals surface area (Å²) in [5, 5.41) is 18.0. The van der Waals surface area contributed by atoms with E-state index >= 15 is 0 Å². The van der Waals surface area contributed by atoms with E-state index in [1.54, 1.807) is 12.1 Å². The number of hydrogen-bond donors (Lipinski definition) is 1. The molecule has 1 aromatic heterocycles. The van der Waals surface area contributed by atoms with Gasteiger partial charge in [-0.05, 0) is 18.6 Å². The van der Waals surface area contributed by atoms with Gasteiger partial charge in [0.05, 0.1) is 6.61 Å². The second-order valence-corrected chi connectivity index (χ2v) is 5.42. The van der Waals surface area contributed by atoms with Gasteiger partial charge in [0.1, 0.15) is 18.2 Å². The lowest BCUT2D eigenvalue weighted by Crippen LogP contribution is -2.06. The van der Waals surface area contributed by atoms with Crippen molar-refractivity contribution in [2.75, 3.05) is 12.4 Å². The molecule has 21 heavy (non-hydrogen) atoms. The fourth-order valence-corrected chi connectivity index (χ4v) is 2.64. The van der Waals surface area contributed by atoms with E-state index in [-0.39, 0.29) is 12.4 Å². The number of aliphatic hydroxyl groups is 1. The van der Waals surface area contributed by atoms with Gasteiger partial charge in [0, 0.05) is 18.4 Å². The zero-order valence-corrected chi connectivity index (χ0v) is 12.6. The van der Waals surface area contributed by atoms with Gasteiger partial charge in [0.25, 0.3) is 0 Å². The third-order valence-electron chi connectivity index (χ3n) is 2.76. The molecule has 1 heterocycles. The molecule has 5 nitrogen and oxygen atoms in total. The summed E-state index contributed by atoms with van der Waals surface area (Å²) < 4.78 is 20.4. The van der Waals surface area contributed by atoms with Crippen LogP contribution in [0, 0.1) is 5.82 Å². The van der Waals surface area contributed by atoms with E-state index < -0.39 is 0 Å². The average molecular weight is 311 g/mol. The number of aromatic nitrogens is 3. The molecular formula is C14H18FN3O2S. The minimum absolute atomic E-state index is 0.118. The number of thioether (sulfide) groups is 1. The first-order valence-electron chi connectivity index (χ1n) is 6.78. The molecule has 0 saturated heterocycles. The minimum atomic E-state index is -0.310. The molecule has 0 aliphatic rings. The Hall–Kier alpha value is -1.60. The van der Waals surface area contributed by atoms with Crippen molar-refractivity contribution in [1.82, 2.24) is 14.8 Å². The molecule has 0 saturated carbocycles. The molecule has 0 aliphatic heterocycles. The van der Waals surface area contributed by atoms with Gasteiger partial charge >= 0.3 is 0 Å². The van der Waals surface area contributed by atoms with Crippen LogP contribution in [0.1, 0.15) is 19.2 Å². The molecule has 0 amide bonds. The lowest BCUT2D eigenvalue weighted by atomic mass is 10.3. The fourth-order valence-electron chi connectivity index (χ4n) is 1.84. The second kappa shape index (κ2) is 7.99. The quantitative estimate of drug-likeness (QED) is 0.599. The van der Waals surface area contributed by atoms with E-state index in [1.807, 2.05) is 4.57 Å². The maximum Gasteiger partial charge on any atom is 0.191 e. The zero-order chi connectivity index (χ0) is 15.1. The van der Waals surface area contributed by atoms with E-state index in [4.69, 9.17) is 4.74 Å². The van der Waals surface area contributed by atoms with Crippen molar-refractivity contribution < 1.29 is 14.2 Å². The van der Waals surface area contributed by atoms with Gasteiger partial charge in [-0.15, -0.1) is 10.2 Å². The number of halogens is 1. The fraction of sp³-hybridized carbons (Fsp3) is 0.429. The predicted molar refractivity (Wildman–Crippen MR) is 78.9 cm³/mol. The van der Waals surface area contributed by atoms with Crippen LogP contribution in [-0.2, 0) is 13.2 Å². The van der Waals surface area contributed by atoms with E-state index in [2.05, 4.69) is 17.1 Å². The average Bonchev–Trinajstić information content (AvgIpc) is 2.86. The molecule has 0 spiro atoms. The van der Waals surface area contributed by atoms with Crippen molar-refractivity contribution >= 4 is 11.8 Å². The molecule has 1 N–H and O–H groups in total. The molecule has 0 atom stereocenters. The van der Waals surface area contributed by atoms with Crippen LogP contribution in [-0.4, -0.2) is 32.2 Å². The third kappa shape index (κ3) is 4.44. The summed E-state index contributed by atoms with van der Waals surface area (Å²) in [6, 6.07) is 6.07. The predicted octanol–water partition coefficient (Wildman–Crippen LogP) is 2.49. The summed E-state index contributed by atoms with van der Waals surface area (Å²) in [4.78, 5) is 0. The molecule has 7 heteroatoms. The van der Waals surface area contributed by atoms with Crippen LogP contribution < -0.4 is 4.74 Å². The van der Waals surface area contributed by atoms with E-state index in [1.165, 1.54) is 23.9 Å². The molecule has 1 aromatic carbocycles. The van der Waals surface area contributed by atoms with Gasteiger partial charge in [-0.1, -0.05) is 24.8 Å².